The summed E-state index contributed by atoms with van der Waals surface area (Å²) < 4.78 is 0. The van der Waals surface area contributed by atoms with Crippen LogP contribution < -0.4 is 0 Å². The summed E-state index contributed by atoms with van der Waals surface area (Å²) in [5, 5.41) is 0. The van der Waals surface area contributed by atoms with Crippen LogP contribution in [0.15, 0.2) is 0 Å². The van der Waals surface area contributed by atoms with Gasteiger partial charge in [-0.05, 0) is 0 Å². The summed E-state index contributed by atoms with van der Waals surface area (Å²) >= 11 is 0. The molecule has 0 saturated heterocycles. The second-order valence-corrected chi connectivity index (χ2v) is 0. The molecule has 0 fully saturated rings. The first-order valence-corrected chi connectivity index (χ1v) is 0. The van der Waals surface area contributed by atoms with Crippen molar-refractivity contribution >= 4 is 0 Å². The zero-order chi connectivity index (χ0) is 0. The summed E-state index contributed by atoms with van der Waals surface area (Å²) in [6.07, 6.45) is 0. The molecule has 0 aromatic rings. The second-order valence-electron chi connectivity index (χ2n) is 0. The molecule has 0 N–H and O–H groups in total. The standard InChI is InChI=1S/97La. The maximum atomic E-state index is 0. The molecule has 0 unspecified atom stereocenters. The molecule has 0 heterocycles. The van der Waals surface area contributed by atoms with E-state index < -0.39 is 0 Å². The van der Waals surface area contributed by atoms with Crippen molar-refractivity contribution in [3.05, 3.63) is 0 Å². The SMILES string of the molecule is [La].[La].[La].[La].[La].[La].[La].[La].[La].[La].[La].[La].[La].[La].[La].[La].[La].[La].[La].[La].[La].[La].[La].[La].[La].[La].[La].[La].[La].[La].[La].[La].[La].[La].[La].[La].[La].[La].[La].[La].[La].[La].[La].[La].[La].[La].[La].[La].[La].[La].[La].[La].[La].[La].[La].[La].[La].[La].[La].[La].[La].[La].[La].[La].[La].[La].[La].[La].[La].[La].[La].[La].[La].[La].[La].[La].[La].[La].[La].[La].[La].[La].[La].[La].[La].[La].[La].[La].[La].[La].[La].[La].[La].[La].[La].[La].[La]. The second kappa shape index (κ2) is 702. The molecule has 97 heavy (non-hydrogen) atoms. The Labute approximate surface area is 3310 Å². The summed E-state index contributed by atoms with van der Waals surface area (Å²) in [7, 11) is 0. The van der Waals surface area contributed by atoms with Crippen LogP contribution in [0.3, 0.4) is 0 Å². The fourth-order valence-corrected chi connectivity index (χ4v) is 0. The van der Waals surface area contributed by atoms with Crippen LogP contribution in [-0.2, 0) is 0 Å². The molecule has 0 rings (SSSR count). The van der Waals surface area contributed by atoms with Crippen molar-refractivity contribution in [3.63, 3.8) is 0 Å². The number of rotatable bonds is 0. The molecule has 291 valence electrons. The molecule has 0 nitrogen and oxygen atoms in total. The Morgan fingerprint density at radius 1 is 0.0103 bits per heavy atom. The molecule has 0 atom stereocenters. The van der Waals surface area contributed by atoms with Crippen molar-refractivity contribution in [2.75, 3.05) is 0 Å². The Kier molecular flexibility index (Phi) is 5150. The van der Waals surface area contributed by atoms with E-state index >= 15 is 0 Å². The van der Waals surface area contributed by atoms with E-state index in [1.807, 2.05) is 0 Å². The summed E-state index contributed by atoms with van der Waals surface area (Å²) in [6, 6.07) is 0. The predicted molar refractivity (Wildman–Crippen MR) is 0 cm³/mol. The largest absolute Gasteiger partial charge is 0 e. The summed E-state index contributed by atoms with van der Waals surface area (Å²) in [5.74, 6) is 0. The van der Waals surface area contributed by atoms with Crippen LogP contribution in [0.4, 0.5) is 0 Å². The van der Waals surface area contributed by atoms with Crippen molar-refractivity contribution in [1.29, 1.82) is 0 Å². The first-order valence-electron chi connectivity index (χ1n) is 0. The van der Waals surface area contributed by atoms with Crippen molar-refractivity contribution < 1.29 is 3450 Å². The van der Waals surface area contributed by atoms with Crippen molar-refractivity contribution in [2.24, 2.45) is 0 Å². The third kappa shape index (κ3) is 695. The summed E-state index contributed by atoms with van der Waals surface area (Å²) in [5.41, 5.74) is 0. The van der Waals surface area contributed by atoms with Gasteiger partial charge in [-0.2, -0.15) is 0 Å². The fraction of sp³-hybridized carbons (Fsp3) is 0. The molecule has 97 radical (unpaired) electrons. The van der Waals surface area contributed by atoms with Gasteiger partial charge in [0.25, 0.3) is 0 Å². The molecule has 97 heteroatoms. The first-order chi connectivity index (χ1) is 0. The van der Waals surface area contributed by atoms with E-state index in [1.165, 1.54) is 0 Å². The molecule has 0 saturated carbocycles. The van der Waals surface area contributed by atoms with Gasteiger partial charge in [-0.1, -0.05) is 0 Å². The van der Waals surface area contributed by atoms with Crippen LogP contribution in [0.25, 0.3) is 0 Å². The quantitative estimate of drug-likeness (QED) is 0.321. The first kappa shape index (κ1) is 712. The smallest absolute Gasteiger partial charge is 0 e. The average molecular weight is 13500 g/mol. The fourth-order valence-electron chi connectivity index (χ4n) is 0. The Hall–Kier alpha value is 116. The van der Waals surface area contributed by atoms with E-state index in [0.717, 1.165) is 0 Å². The molecule has 0 amide bonds. The Balaban J connectivity index is 0. The number of hydrogen-bond acceptors (Lipinski definition) is 0. The van der Waals surface area contributed by atoms with Gasteiger partial charge >= 0.3 is 0 Å². The van der Waals surface area contributed by atoms with Crippen LogP contribution in [0.2, 0.25) is 0 Å². The molecule has 0 aliphatic rings. The minimum Gasteiger partial charge on any atom is 0 e. The van der Waals surface area contributed by atoms with Crippen molar-refractivity contribution in [3.8, 4) is 0 Å². The zero-order valence-electron chi connectivity index (χ0n) is 56.0. The predicted octanol–water partition coefficient (Wildman–Crippen LogP) is 0. The van der Waals surface area contributed by atoms with E-state index in [4.69, 9.17) is 0 Å². The van der Waals surface area contributed by atoms with Gasteiger partial charge in [-0.15, -0.1) is 0 Å². The van der Waals surface area contributed by atoms with Gasteiger partial charge in [0.2, 0.25) is 0 Å². The van der Waals surface area contributed by atoms with Crippen LogP contribution in [-0.4, -0.2) is 0 Å². The minimum absolute atomic E-state index is 0. The van der Waals surface area contributed by atoms with Crippen molar-refractivity contribution in [2.45, 2.75) is 0 Å². The maximum absolute atomic E-state index is 0. The van der Waals surface area contributed by atoms with Gasteiger partial charge in [-0.25, -0.2) is 0 Å². The summed E-state index contributed by atoms with van der Waals surface area (Å²) in [4.78, 5) is 0. The van der Waals surface area contributed by atoms with Gasteiger partial charge < -0.3 is 0 Å². The molecule has 0 spiro atoms. The zero-order valence-corrected chi connectivity index (χ0v) is 408. The maximum Gasteiger partial charge on any atom is 0 e. The van der Waals surface area contributed by atoms with Gasteiger partial charge in [0.15, 0.2) is 0 Å². The molecular weight excluding hydrogens is 13500 g/mol. The molecule has 0 aromatic heterocycles. The Morgan fingerprint density at radius 3 is 0.0103 bits per heavy atom. The van der Waals surface area contributed by atoms with Gasteiger partial charge in [0.1, 0.15) is 0 Å². The van der Waals surface area contributed by atoms with Crippen LogP contribution in [0, 0.1) is 3450 Å². The van der Waals surface area contributed by atoms with Gasteiger partial charge in [-0.3, -0.25) is 0 Å². The molecule has 0 bridgehead atoms. The number of hydrogen-bond donors (Lipinski definition) is 0. The van der Waals surface area contributed by atoms with E-state index in [0.29, 0.717) is 0 Å². The normalized spacial score (nSPS) is 0. The third-order valence-corrected chi connectivity index (χ3v) is 0. The molecule has 0 aliphatic heterocycles. The van der Waals surface area contributed by atoms with Gasteiger partial charge in [0, 0.05) is 3450 Å². The van der Waals surface area contributed by atoms with Crippen LogP contribution in [0.1, 0.15) is 0 Å². The molecule has 0 aliphatic carbocycles. The van der Waals surface area contributed by atoms with Crippen LogP contribution in [0.5, 0.6) is 0 Å². The average Bonchev–Trinajstić information content (AvgIpc) is 0. The Morgan fingerprint density at radius 2 is 0.0103 bits per heavy atom. The van der Waals surface area contributed by atoms with Crippen LogP contribution >= 0.6 is 0 Å². The molecular formula is La97. The third-order valence-electron chi connectivity index (χ3n) is 0. The van der Waals surface area contributed by atoms with E-state index in [1.54, 1.807) is 0 Å². The topological polar surface area (TPSA) is 0 Å². The monoisotopic (exact) mass is 13500 g/mol. The Bertz CT molecular complexity index is 0. The molecule has 0 aromatic carbocycles. The van der Waals surface area contributed by atoms with E-state index in [2.05, 4.69) is 0 Å². The summed E-state index contributed by atoms with van der Waals surface area (Å²) in [6.45, 7) is 0. The van der Waals surface area contributed by atoms with Gasteiger partial charge in [0.05, 0.1) is 0 Å². The van der Waals surface area contributed by atoms with E-state index in [-0.39, 0.29) is 3450 Å². The minimum atomic E-state index is 0. The van der Waals surface area contributed by atoms with E-state index in [9.17, 15) is 0 Å². The van der Waals surface area contributed by atoms with Crippen molar-refractivity contribution in [1.82, 2.24) is 0 Å².